The van der Waals surface area contributed by atoms with E-state index < -0.39 is 12.1 Å². The van der Waals surface area contributed by atoms with Crippen molar-refractivity contribution in [3.05, 3.63) is 35.2 Å². The molecule has 1 saturated heterocycles. The van der Waals surface area contributed by atoms with Crippen LogP contribution in [0.5, 0.6) is 0 Å². The number of thiophene rings is 1. The Hall–Kier alpha value is -1.92. The maximum Gasteiger partial charge on any atom is 0.306 e. The Morgan fingerprint density at radius 2 is 2.19 bits per heavy atom. The first-order chi connectivity index (χ1) is 10.1. The summed E-state index contributed by atoms with van der Waals surface area (Å²) in [4.78, 5) is 25.1. The zero-order chi connectivity index (χ0) is 14.8. The number of hydrogen-bond donors (Lipinski definition) is 1. The molecule has 2 heterocycles. The van der Waals surface area contributed by atoms with E-state index in [9.17, 15) is 9.59 Å². The van der Waals surface area contributed by atoms with E-state index in [1.807, 2.05) is 29.6 Å². The van der Waals surface area contributed by atoms with Gasteiger partial charge in [-0.1, -0.05) is 18.2 Å². The Morgan fingerprint density at radius 1 is 1.38 bits per heavy atom. The molecule has 1 amide bonds. The highest BCUT2D eigenvalue weighted by Gasteiger charge is 2.27. The summed E-state index contributed by atoms with van der Waals surface area (Å²) in [5.74, 6) is -0.957. The Labute approximate surface area is 125 Å². The quantitative estimate of drug-likeness (QED) is 0.944. The SMILES string of the molecule is O=C(O)C[C@H]1CN(C(=O)c2csc3ccccc23)CCO1. The van der Waals surface area contributed by atoms with E-state index in [1.54, 1.807) is 16.2 Å². The van der Waals surface area contributed by atoms with E-state index in [4.69, 9.17) is 9.84 Å². The number of carboxylic acid groups (broad SMARTS) is 1. The van der Waals surface area contributed by atoms with Gasteiger partial charge >= 0.3 is 5.97 Å². The zero-order valence-corrected chi connectivity index (χ0v) is 12.1. The normalized spacial score (nSPS) is 18.9. The van der Waals surface area contributed by atoms with Crippen molar-refractivity contribution in [3.8, 4) is 0 Å². The van der Waals surface area contributed by atoms with Crippen molar-refractivity contribution < 1.29 is 19.4 Å². The molecule has 1 atom stereocenters. The number of carboxylic acids is 1. The number of nitrogens with zero attached hydrogens (tertiary/aromatic N) is 1. The number of rotatable bonds is 3. The predicted octanol–water partition coefficient (Wildman–Crippen LogP) is 2.22. The van der Waals surface area contributed by atoms with Gasteiger partial charge in [-0.05, 0) is 6.07 Å². The molecule has 0 spiro atoms. The van der Waals surface area contributed by atoms with Crippen LogP contribution in [-0.2, 0) is 9.53 Å². The van der Waals surface area contributed by atoms with Crippen LogP contribution in [0.1, 0.15) is 16.8 Å². The number of hydrogen-bond acceptors (Lipinski definition) is 4. The molecule has 0 radical (unpaired) electrons. The summed E-state index contributed by atoms with van der Waals surface area (Å²) in [5.41, 5.74) is 0.687. The second-order valence-corrected chi connectivity index (χ2v) is 5.90. The minimum atomic E-state index is -0.907. The molecule has 5 nitrogen and oxygen atoms in total. The van der Waals surface area contributed by atoms with Crippen molar-refractivity contribution in [1.82, 2.24) is 4.90 Å². The van der Waals surface area contributed by atoms with E-state index in [2.05, 4.69) is 0 Å². The molecule has 1 aliphatic rings. The highest BCUT2D eigenvalue weighted by Crippen LogP contribution is 2.27. The molecular formula is C15H15NO4S. The number of morpholine rings is 1. The van der Waals surface area contributed by atoms with Gasteiger partial charge in [0.1, 0.15) is 0 Å². The van der Waals surface area contributed by atoms with Gasteiger partial charge in [-0.2, -0.15) is 0 Å². The molecule has 1 aromatic heterocycles. The summed E-state index contributed by atoms with van der Waals surface area (Å²) in [6.45, 7) is 1.21. The summed E-state index contributed by atoms with van der Waals surface area (Å²) in [5, 5.41) is 11.7. The Morgan fingerprint density at radius 3 is 3.00 bits per heavy atom. The monoisotopic (exact) mass is 305 g/mol. The fourth-order valence-corrected chi connectivity index (χ4v) is 3.47. The molecule has 0 aliphatic carbocycles. The number of carbonyl (C=O) groups is 2. The lowest BCUT2D eigenvalue weighted by atomic mass is 10.1. The van der Waals surface area contributed by atoms with Crippen LogP contribution in [0.4, 0.5) is 0 Å². The maximum atomic E-state index is 12.6. The molecule has 3 rings (SSSR count). The molecule has 1 aromatic carbocycles. The third-order valence-electron chi connectivity index (χ3n) is 3.54. The van der Waals surface area contributed by atoms with E-state index in [1.165, 1.54) is 0 Å². The molecule has 0 unspecified atom stereocenters. The lowest BCUT2D eigenvalue weighted by molar-refractivity contribution is -0.141. The van der Waals surface area contributed by atoms with Crippen LogP contribution < -0.4 is 0 Å². The predicted molar refractivity (Wildman–Crippen MR) is 79.7 cm³/mol. The number of ether oxygens (including phenoxy) is 1. The number of carbonyl (C=O) groups excluding carboxylic acids is 1. The fraction of sp³-hybridized carbons (Fsp3) is 0.333. The smallest absolute Gasteiger partial charge is 0.306 e. The molecule has 0 saturated carbocycles. The summed E-state index contributed by atoms with van der Waals surface area (Å²) in [7, 11) is 0. The van der Waals surface area contributed by atoms with E-state index in [0.717, 1.165) is 10.1 Å². The molecule has 1 fully saturated rings. The van der Waals surface area contributed by atoms with Crippen LogP contribution >= 0.6 is 11.3 Å². The molecule has 2 aromatic rings. The molecule has 21 heavy (non-hydrogen) atoms. The Bertz CT molecular complexity index is 681. The Balaban J connectivity index is 1.80. The van der Waals surface area contributed by atoms with Crippen LogP contribution in [0, 0.1) is 0 Å². The second-order valence-electron chi connectivity index (χ2n) is 4.99. The van der Waals surface area contributed by atoms with Gasteiger partial charge in [-0.15, -0.1) is 11.3 Å². The highest BCUT2D eigenvalue weighted by molar-refractivity contribution is 7.17. The van der Waals surface area contributed by atoms with Crippen molar-refractivity contribution in [1.29, 1.82) is 0 Å². The first-order valence-corrected chi connectivity index (χ1v) is 7.62. The van der Waals surface area contributed by atoms with Gasteiger partial charge < -0.3 is 14.7 Å². The lowest BCUT2D eigenvalue weighted by Gasteiger charge is -2.32. The van der Waals surface area contributed by atoms with Crippen molar-refractivity contribution in [3.63, 3.8) is 0 Å². The highest BCUT2D eigenvalue weighted by atomic mass is 32.1. The van der Waals surface area contributed by atoms with Gasteiger partial charge in [0, 0.05) is 28.6 Å². The minimum Gasteiger partial charge on any atom is -0.481 e. The average Bonchev–Trinajstić information content (AvgIpc) is 2.90. The van der Waals surface area contributed by atoms with Crippen LogP contribution in [0.3, 0.4) is 0 Å². The number of benzene rings is 1. The Kier molecular flexibility index (Phi) is 3.90. The van der Waals surface area contributed by atoms with Crippen molar-refractivity contribution in [2.45, 2.75) is 12.5 Å². The van der Waals surface area contributed by atoms with Gasteiger partial charge in [-0.3, -0.25) is 9.59 Å². The fourth-order valence-electron chi connectivity index (χ4n) is 2.54. The molecule has 110 valence electrons. The van der Waals surface area contributed by atoms with Crippen LogP contribution in [0.15, 0.2) is 29.6 Å². The van der Waals surface area contributed by atoms with Gasteiger partial charge in [0.05, 0.1) is 24.7 Å². The van der Waals surface area contributed by atoms with E-state index in [-0.39, 0.29) is 12.3 Å². The minimum absolute atomic E-state index is 0.0499. The van der Waals surface area contributed by atoms with E-state index in [0.29, 0.717) is 25.3 Å². The topological polar surface area (TPSA) is 66.8 Å². The van der Waals surface area contributed by atoms with Crippen molar-refractivity contribution in [2.24, 2.45) is 0 Å². The first kappa shape index (κ1) is 14.0. The zero-order valence-electron chi connectivity index (χ0n) is 11.3. The number of amides is 1. The first-order valence-electron chi connectivity index (χ1n) is 6.74. The lowest BCUT2D eigenvalue weighted by Crippen LogP contribution is -2.46. The third-order valence-corrected chi connectivity index (χ3v) is 4.50. The molecule has 1 N–H and O–H groups in total. The number of aliphatic carboxylic acids is 1. The molecule has 6 heteroatoms. The van der Waals surface area contributed by atoms with Crippen molar-refractivity contribution >= 4 is 33.3 Å². The third kappa shape index (κ3) is 2.91. The maximum absolute atomic E-state index is 12.6. The van der Waals surface area contributed by atoms with Crippen molar-refractivity contribution in [2.75, 3.05) is 19.7 Å². The van der Waals surface area contributed by atoms with Crippen LogP contribution in [0.25, 0.3) is 10.1 Å². The van der Waals surface area contributed by atoms with Gasteiger partial charge in [0.2, 0.25) is 0 Å². The largest absolute Gasteiger partial charge is 0.481 e. The van der Waals surface area contributed by atoms with Gasteiger partial charge in [-0.25, -0.2) is 0 Å². The number of fused-ring (bicyclic) bond motifs is 1. The van der Waals surface area contributed by atoms with Crippen LogP contribution in [0.2, 0.25) is 0 Å². The van der Waals surface area contributed by atoms with Crippen LogP contribution in [-0.4, -0.2) is 47.7 Å². The average molecular weight is 305 g/mol. The summed E-state index contributed by atoms with van der Waals surface area (Å²) in [6.07, 6.45) is -0.501. The van der Waals surface area contributed by atoms with Gasteiger partial charge in [0.25, 0.3) is 5.91 Å². The van der Waals surface area contributed by atoms with E-state index >= 15 is 0 Å². The summed E-state index contributed by atoms with van der Waals surface area (Å²) in [6, 6.07) is 7.79. The van der Waals surface area contributed by atoms with Gasteiger partial charge in [0.15, 0.2) is 0 Å². The molecular weight excluding hydrogens is 290 g/mol. The summed E-state index contributed by atoms with van der Waals surface area (Å²) >= 11 is 1.54. The summed E-state index contributed by atoms with van der Waals surface area (Å²) < 4.78 is 6.48. The second kappa shape index (κ2) is 5.83. The molecule has 0 bridgehead atoms. The standard InChI is InChI=1S/C15H15NO4S/c17-14(18)7-10-8-16(5-6-20-10)15(19)12-9-21-13-4-2-1-3-11(12)13/h1-4,9-10H,5-8H2,(H,17,18)/t10-/m0/s1. The molecule has 1 aliphatic heterocycles.